The van der Waals surface area contributed by atoms with Crippen LogP contribution in [0.1, 0.15) is 11.5 Å². The van der Waals surface area contributed by atoms with Gasteiger partial charge in [-0.25, -0.2) is 15.0 Å². The molecule has 0 fully saturated rings. The van der Waals surface area contributed by atoms with Gasteiger partial charge in [-0.05, 0) is 6.92 Å². The lowest BCUT2D eigenvalue weighted by atomic mass is 10.3. The van der Waals surface area contributed by atoms with Crippen molar-refractivity contribution in [3.05, 3.63) is 23.1 Å². The number of thiazole rings is 1. The fourth-order valence-corrected chi connectivity index (χ4v) is 2.43. The highest BCUT2D eigenvalue weighted by molar-refractivity contribution is 7.13. The Morgan fingerprint density at radius 2 is 2.21 bits per heavy atom. The SMILES string of the molecule is CNc1nc(CNc2nc(C)nc3[nH]ncc23)cs1. The van der Waals surface area contributed by atoms with Crippen molar-refractivity contribution in [2.45, 2.75) is 13.5 Å². The zero-order valence-corrected chi connectivity index (χ0v) is 11.4. The zero-order chi connectivity index (χ0) is 13.2. The van der Waals surface area contributed by atoms with Crippen molar-refractivity contribution in [3.63, 3.8) is 0 Å². The van der Waals surface area contributed by atoms with Crippen molar-refractivity contribution >= 4 is 33.3 Å². The number of aromatic amines is 1. The van der Waals surface area contributed by atoms with Crippen molar-refractivity contribution in [2.75, 3.05) is 17.7 Å². The van der Waals surface area contributed by atoms with Gasteiger partial charge in [0.1, 0.15) is 11.6 Å². The molecule has 8 heteroatoms. The van der Waals surface area contributed by atoms with Gasteiger partial charge in [-0.3, -0.25) is 5.10 Å². The first-order chi connectivity index (χ1) is 9.26. The minimum atomic E-state index is 0.620. The second-order valence-corrected chi connectivity index (χ2v) is 4.86. The van der Waals surface area contributed by atoms with Crippen molar-refractivity contribution < 1.29 is 0 Å². The van der Waals surface area contributed by atoms with Crippen LogP contribution in [0.15, 0.2) is 11.6 Å². The summed E-state index contributed by atoms with van der Waals surface area (Å²) < 4.78 is 0. The molecule has 7 nitrogen and oxygen atoms in total. The Kier molecular flexibility index (Phi) is 3.00. The summed E-state index contributed by atoms with van der Waals surface area (Å²) in [4.78, 5) is 13.1. The van der Waals surface area contributed by atoms with Crippen LogP contribution in [0.5, 0.6) is 0 Å². The first-order valence-electron chi connectivity index (χ1n) is 5.80. The highest BCUT2D eigenvalue weighted by Crippen LogP contribution is 2.20. The molecule has 0 aliphatic carbocycles. The van der Waals surface area contributed by atoms with E-state index in [9.17, 15) is 0 Å². The lowest BCUT2D eigenvalue weighted by Crippen LogP contribution is -2.04. The normalized spacial score (nSPS) is 10.8. The van der Waals surface area contributed by atoms with Crippen molar-refractivity contribution in [1.82, 2.24) is 25.1 Å². The van der Waals surface area contributed by atoms with E-state index in [-0.39, 0.29) is 0 Å². The van der Waals surface area contributed by atoms with Crippen molar-refractivity contribution in [2.24, 2.45) is 0 Å². The van der Waals surface area contributed by atoms with Crippen LogP contribution >= 0.6 is 11.3 Å². The van der Waals surface area contributed by atoms with E-state index in [0.717, 1.165) is 27.7 Å². The van der Waals surface area contributed by atoms with Crippen LogP contribution in [-0.4, -0.2) is 32.2 Å². The molecule has 3 aromatic rings. The standard InChI is InChI=1S/C11H13N7S/c1-6-15-9(8-4-14-18-10(8)16-6)13-3-7-5-19-11(12-2)17-7/h4-5H,3H2,1-2H3,(H,12,17)(H2,13,14,15,16,18). The summed E-state index contributed by atoms with van der Waals surface area (Å²) in [5.74, 6) is 1.48. The lowest BCUT2D eigenvalue weighted by molar-refractivity contribution is 1.02. The van der Waals surface area contributed by atoms with Gasteiger partial charge >= 0.3 is 0 Å². The summed E-state index contributed by atoms with van der Waals surface area (Å²) in [5, 5.41) is 16.9. The van der Waals surface area contributed by atoms with E-state index < -0.39 is 0 Å². The number of rotatable bonds is 4. The average Bonchev–Trinajstić information content (AvgIpc) is 3.03. The van der Waals surface area contributed by atoms with E-state index in [1.807, 2.05) is 19.4 Å². The molecule has 0 aliphatic rings. The Hall–Kier alpha value is -2.22. The van der Waals surface area contributed by atoms with Gasteiger partial charge in [0.15, 0.2) is 10.8 Å². The topological polar surface area (TPSA) is 91.4 Å². The smallest absolute Gasteiger partial charge is 0.182 e. The Labute approximate surface area is 113 Å². The molecule has 0 spiro atoms. The number of fused-ring (bicyclic) bond motifs is 1. The van der Waals surface area contributed by atoms with Gasteiger partial charge in [-0.2, -0.15) is 5.10 Å². The number of hydrogen-bond donors (Lipinski definition) is 3. The van der Waals surface area contributed by atoms with E-state index in [4.69, 9.17) is 0 Å². The van der Waals surface area contributed by atoms with Crippen LogP contribution in [-0.2, 0) is 6.54 Å². The van der Waals surface area contributed by atoms with E-state index in [0.29, 0.717) is 12.4 Å². The number of nitrogens with zero attached hydrogens (tertiary/aromatic N) is 4. The summed E-state index contributed by atoms with van der Waals surface area (Å²) in [7, 11) is 1.86. The first-order valence-corrected chi connectivity index (χ1v) is 6.68. The molecule has 0 amide bonds. The lowest BCUT2D eigenvalue weighted by Gasteiger charge is -2.05. The molecule has 3 heterocycles. The number of aryl methyl sites for hydroxylation is 1. The molecule has 3 aromatic heterocycles. The maximum absolute atomic E-state index is 4.41. The number of H-pyrrole nitrogens is 1. The minimum Gasteiger partial charge on any atom is -0.365 e. The molecule has 3 rings (SSSR count). The Bertz CT molecular complexity index is 702. The summed E-state index contributed by atoms with van der Waals surface area (Å²) in [5.41, 5.74) is 1.71. The largest absolute Gasteiger partial charge is 0.365 e. The van der Waals surface area contributed by atoms with Gasteiger partial charge in [0.05, 0.1) is 23.8 Å². The average molecular weight is 275 g/mol. The zero-order valence-electron chi connectivity index (χ0n) is 10.6. The van der Waals surface area contributed by atoms with Crippen LogP contribution < -0.4 is 10.6 Å². The Balaban J connectivity index is 1.83. The van der Waals surface area contributed by atoms with Crippen LogP contribution in [0.25, 0.3) is 11.0 Å². The first kappa shape index (κ1) is 11.8. The highest BCUT2D eigenvalue weighted by atomic mass is 32.1. The van der Waals surface area contributed by atoms with E-state index in [2.05, 4.69) is 35.8 Å². The van der Waals surface area contributed by atoms with Crippen LogP contribution in [0.2, 0.25) is 0 Å². The number of anilines is 2. The molecule has 0 radical (unpaired) electrons. The van der Waals surface area contributed by atoms with Gasteiger partial charge in [-0.15, -0.1) is 11.3 Å². The van der Waals surface area contributed by atoms with E-state index in [1.165, 1.54) is 0 Å². The summed E-state index contributed by atoms with van der Waals surface area (Å²) in [6.45, 7) is 2.47. The quantitative estimate of drug-likeness (QED) is 0.672. The third-order valence-electron chi connectivity index (χ3n) is 2.62. The van der Waals surface area contributed by atoms with Gasteiger partial charge < -0.3 is 10.6 Å². The molecule has 0 unspecified atom stereocenters. The fraction of sp³-hybridized carbons (Fsp3) is 0.273. The maximum Gasteiger partial charge on any atom is 0.182 e. The van der Waals surface area contributed by atoms with Crippen LogP contribution in [0, 0.1) is 6.92 Å². The number of aromatic nitrogens is 5. The second kappa shape index (κ2) is 4.81. The monoisotopic (exact) mass is 275 g/mol. The molecule has 3 N–H and O–H groups in total. The minimum absolute atomic E-state index is 0.620. The molecule has 0 saturated carbocycles. The molecule has 0 bridgehead atoms. The van der Waals surface area contributed by atoms with Gasteiger partial charge in [0, 0.05) is 12.4 Å². The molecule has 0 aliphatic heterocycles. The third kappa shape index (κ3) is 2.34. The molecule has 0 aromatic carbocycles. The number of nitrogens with one attached hydrogen (secondary N) is 3. The van der Waals surface area contributed by atoms with Gasteiger partial charge in [0.25, 0.3) is 0 Å². The summed E-state index contributed by atoms with van der Waals surface area (Å²) in [6, 6.07) is 0. The van der Waals surface area contributed by atoms with Crippen LogP contribution in [0.3, 0.4) is 0 Å². The molecule has 0 atom stereocenters. The fourth-order valence-electron chi connectivity index (χ4n) is 1.76. The Morgan fingerprint density at radius 1 is 1.32 bits per heavy atom. The number of hydrogen-bond acceptors (Lipinski definition) is 7. The predicted octanol–water partition coefficient (Wildman–Crippen LogP) is 1.77. The van der Waals surface area contributed by atoms with Crippen molar-refractivity contribution in [3.8, 4) is 0 Å². The van der Waals surface area contributed by atoms with Crippen molar-refractivity contribution in [1.29, 1.82) is 0 Å². The molecule has 0 saturated heterocycles. The highest BCUT2D eigenvalue weighted by Gasteiger charge is 2.08. The molecular weight excluding hydrogens is 262 g/mol. The maximum atomic E-state index is 4.41. The van der Waals surface area contributed by atoms with E-state index in [1.54, 1.807) is 17.5 Å². The van der Waals surface area contributed by atoms with Gasteiger partial charge in [-0.1, -0.05) is 0 Å². The Morgan fingerprint density at radius 3 is 3.00 bits per heavy atom. The van der Waals surface area contributed by atoms with Crippen LogP contribution in [0.4, 0.5) is 10.9 Å². The molecular formula is C11H13N7S. The van der Waals surface area contributed by atoms with E-state index >= 15 is 0 Å². The summed E-state index contributed by atoms with van der Waals surface area (Å²) in [6.07, 6.45) is 1.72. The predicted molar refractivity (Wildman–Crippen MR) is 75.4 cm³/mol. The second-order valence-electron chi connectivity index (χ2n) is 4.00. The third-order valence-corrected chi connectivity index (χ3v) is 3.53. The summed E-state index contributed by atoms with van der Waals surface area (Å²) >= 11 is 1.58. The molecule has 19 heavy (non-hydrogen) atoms. The van der Waals surface area contributed by atoms with Gasteiger partial charge in [0.2, 0.25) is 0 Å². The molecule has 98 valence electrons.